The van der Waals surface area contributed by atoms with Gasteiger partial charge in [-0.1, -0.05) is 72.3 Å². The highest BCUT2D eigenvalue weighted by Gasteiger charge is 2.11. The van der Waals surface area contributed by atoms with Crippen molar-refractivity contribution in [3.63, 3.8) is 0 Å². The summed E-state index contributed by atoms with van der Waals surface area (Å²) in [6.45, 7) is 0.367. The summed E-state index contributed by atoms with van der Waals surface area (Å²) in [5.74, 6) is 0. The number of carbonyl (C=O) groups is 1. The van der Waals surface area contributed by atoms with E-state index >= 15 is 0 Å². The van der Waals surface area contributed by atoms with E-state index in [9.17, 15) is 9.00 Å². The van der Waals surface area contributed by atoms with Gasteiger partial charge in [0.05, 0.1) is 4.90 Å². The molecule has 1 atom stereocenters. The summed E-state index contributed by atoms with van der Waals surface area (Å²) >= 11 is 5.96. The predicted octanol–water partition coefficient (Wildman–Crippen LogP) is 5.64. The maximum atomic E-state index is 13.0. The molecular formula is C26H24ClN3O3S. The molecule has 2 amide bonds. The quantitative estimate of drug-likeness (QED) is 0.310. The van der Waals surface area contributed by atoms with E-state index in [0.717, 1.165) is 16.7 Å². The Hall–Kier alpha value is -3.65. The fraction of sp³-hybridized carbons (Fsp3) is 0.0385. The maximum absolute atomic E-state index is 13.0. The zero-order valence-corrected chi connectivity index (χ0v) is 19.7. The molecular weight excluding hydrogens is 470 g/mol. The number of carbonyl (C=O) groups excluding carboxylic acids is 1. The Kier molecular flexibility index (Phi) is 8.81. The molecule has 6 nitrogen and oxygen atoms in total. The number of hydrogen-bond donors (Lipinski definition) is 3. The lowest BCUT2D eigenvalue weighted by molar-refractivity contribution is 0.251. The van der Waals surface area contributed by atoms with Gasteiger partial charge in [-0.2, -0.15) is 0 Å². The molecule has 0 aliphatic rings. The number of urea groups is 1. The van der Waals surface area contributed by atoms with E-state index in [1.807, 2.05) is 66.7 Å². The van der Waals surface area contributed by atoms with Crippen LogP contribution in [0.1, 0.15) is 5.56 Å². The van der Waals surface area contributed by atoms with E-state index in [4.69, 9.17) is 11.6 Å². The van der Waals surface area contributed by atoms with Crippen molar-refractivity contribution in [1.82, 2.24) is 5.32 Å². The molecule has 8 heteroatoms. The van der Waals surface area contributed by atoms with Gasteiger partial charge in [-0.25, -0.2) is 9.00 Å². The van der Waals surface area contributed by atoms with Gasteiger partial charge >= 0.3 is 6.03 Å². The maximum Gasteiger partial charge on any atom is 0.319 e. The van der Waals surface area contributed by atoms with Gasteiger partial charge in [-0.15, -0.1) is 0 Å². The molecule has 0 fully saturated rings. The van der Waals surface area contributed by atoms with E-state index in [1.54, 1.807) is 36.4 Å². The molecule has 0 saturated carbocycles. The van der Waals surface area contributed by atoms with Crippen molar-refractivity contribution in [2.75, 3.05) is 10.0 Å². The monoisotopic (exact) mass is 493 g/mol. The number of nitrogens with one attached hydrogen (secondary N) is 3. The fourth-order valence-corrected chi connectivity index (χ4v) is 4.53. The molecule has 0 aliphatic heterocycles. The van der Waals surface area contributed by atoms with Gasteiger partial charge in [-0.05, 0) is 59.2 Å². The number of halogens is 1. The number of hydrogen-bond acceptors (Lipinski definition) is 2. The third-order valence-electron chi connectivity index (χ3n) is 4.87. The third kappa shape index (κ3) is 6.68. The Morgan fingerprint density at radius 1 is 0.794 bits per heavy atom. The number of anilines is 2. The van der Waals surface area contributed by atoms with Gasteiger partial charge in [0.2, 0.25) is 0 Å². The lowest BCUT2D eigenvalue weighted by Crippen LogP contribution is -2.28. The highest BCUT2D eigenvalue weighted by Crippen LogP contribution is 2.27. The summed E-state index contributed by atoms with van der Waals surface area (Å²) in [5, 5.41) is 6.20. The van der Waals surface area contributed by atoms with Crippen LogP contribution in [-0.2, 0) is 17.5 Å². The van der Waals surface area contributed by atoms with Gasteiger partial charge in [-0.3, -0.25) is 0 Å². The van der Waals surface area contributed by atoms with Crippen LogP contribution in [0, 0.1) is 0 Å². The van der Waals surface area contributed by atoms with Crippen molar-refractivity contribution >= 4 is 40.0 Å². The molecule has 0 aromatic heterocycles. The molecule has 34 heavy (non-hydrogen) atoms. The Morgan fingerprint density at radius 2 is 1.47 bits per heavy atom. The highest BCUT2D eigenvalue weighted by atomic mass is 35.5. The van der Waals surface area contributed by atoms with Crippen molar-refractivity contribution in [3.05, 3.63) is 114 Å². The molecule has 0 saturated heterocycles. The molecule has 1 unspecified atom stereocenters. The summed E-state index contributed by atoms with van der Waals surface area (Å²) in [4.78, 5) is 12.9. The molecule has 0 radical (unpaired) electrons. The molecule has 0 aliphatic carbocycles. The lowest BCUT2D eigenvalue weighted by atomic mass is 10.1. The van der Waals surface area contributed by atoms with Crippen LogP contribution < -0.4 is 15.4 Å². The molecule has 5 N–H and O–H groups in total. The summed E-state index contributed by atoms with van der Waals surface area (Å²) in [7, 11) is -1.45. The summed E-state index contributed by atoms with van der Waals surface area (Å²) in [6, 6.07) is 31.5. The van der Waals surface area contributed by atoms with Crippen molar-refractivity contribution < 1.29 is 14.5 Å². The second-order valence-electron chi connectivity index (χ2n) is 7.25. The molecule has 0 bridgehead atoms. The van der Waals surface area contributed by atoms with Crippen LogP contribution in [0.2, 0.25) is 5.02 Å². The van der Waals surface area contributed by atoms with Gasteiger partial charge in [0.15, 0.2) is 11.0 Å². The van der Waals surface area contributed by atoms with Gasteiger partial charge in [0, 0.05) is 22.9 Å². The first kappa shape index (κ1) is 25.0. The molecule has 0 spiro atoms. The SMILES string of the molecule is O.O=C(NCc1cccc(Cl)c1)Nc1ccc(NS(=O)c2ccccc2-c2ccccc2)cc1. The minimum absolute atomic E-state index is 0. The fourth-order valence-electron chi connectivity index (χ4n) is 3.27. The summed E-state index contributed by atoms with van der Waals surface area (Å²) in [5.41, 5.74) is 4.14. The largest absolute Gasteiger partial charge is 0.412 e. The van der Waals surface area contributed by atoms with Crippen LogP contribution in [0.25, 0.3) is 11.1 Å². The van der Waals surface area contributed by atoms with Crippen LogP contribution in [0.3, 0.4) is 0 Å². The Balaban J connectivity index is 0.00000324. The smallest absolute Gasteiger partial charge is 0.319 e. The Labute approximate surface area is 205 Å². The number of rotatable bonds is 7. The van der Waals surface area contributed by atoms with Crippen LogP contribution in [0.15, 0.2) is 108 Å². The van der Waals surface area contributed by atoms with Crippen molar-refractivity contribution in [3.8, 4) is 11.1 Å². The third-order valence-corrected chi connectivity index (χ3v) is 6.28. The first-order valence-corrected chi connectivity index (χ1v) is 11.8. The standard InChI is InChI=1S/C26H22ClN3O2S.H2O/c27-21-10-6-7-19(17-21)18-28-26(31)29-22-13-15-23(16-14-22)30-33(32)25-12-5-4-11-24(25)20-8-2-1-3-9-20;/h1-17,30H,18H2,(H2,28,29,31);1H2. The average Bonchev–Trinajstić information content (AvgIpc) is 2.84. The number of amides is 2. The normalized spacial score (nSPS) is 11.1. The topological polar surface area (TPSA) is 102 Å². The molecule has 174 valence electrons. The predicted molar refractivity (Wildman–Crippen MR) is 139 cm³/mol. The zero-order chi connectivity index (χ0) is 23.0. The van der Waals surface area contributed by atoms with Gasteiger partial charge < -0.3 is 20.8 Å². The molecule has 4 rings (SSSR count). The number of benzene rings is 4. The van der Waals surface area contributed by atoms with Crippen molar-refractivity contribution in [2.24, 2.45) is 0 Å². The first-order chi connectivity index (χ1) is 16.1. The van der Waals surface area contributed by atoms with Gasteiger partial charge in [0.25, 0.3) is 0 Å². The second-order valence-corrected chi connectivity index (χ2v) is 8.87. The summed E-state index contributed by atoms with van der Waals surface area (Å²) < 4.78 is 16.1. The average molecular weight is 494 g/mol. The van der Waals surface area contributed by atoms with Crippen LogP contribution in [0.4, 0.5) is 16.2 Å². The van der Waals surface area contributed by atoms with Crippen molar-refractivity contribution in [1.29, 1.82) is 0 Å². The Morgan fingerprint density at radius 3 is 2.21 bits per heavy atom. The Bertz CT molecular complexity index is 1270. The molecule has 0 heterocycles. The zero-order valence-electron chi connectivity index (χ0n) is 18.1. The second kappa shape index (κ2) is 12.0. The minimum Gasteiger partial charge on any atom is -0.412 e. The van der Waals surface area contributed by atoms with E-state index < -0.39 is 11.0 Å². The molecule has 4 aromatic rings. The van der Waals surface area contributed by atoms with Crippen LogP contribution in [-0.4, -0.2) is 15.7 Å². The highest BCUT2D eigenvalue weighted by molar-refractivity contribution is 7.86. The van der Waals surface area contributed by atoms with Crippen molar-refractivity contribution in [2.45, 2.75) is 11.4 Å². The minimum atomic E-state index is -1.45. The lowest BCUT2D eigenvalue weighted by Gasteiger charge is -2.12. The van der Waals surface area contributed by atoms with Gasteiger partial charge in [0.1, 0.15) is 0 Å². The van der Waals surface area contributed by atoms with Crippen LogP contribution in [0.5, 0.6) is 0 Å². The first-order valence-electron chi connectivity index (χ1n) is 10.3. The van der Waals surface area contributed by atoms with E-state index in [0.29, 0.717) is 27.8 Å². The van der Waals surface area contributed by atoms with Crippen LogP contribution >= 0.6 is 11.6 Å². The van der Waals surface area contributed by atoms with E-state index in [1.165, 1.54) is 0 Å². The summed E-state index contributed by atoms with van der Waals surface area (Å²) in [6.07, 6.45) is 0. The van der Waals surface area contributed by atoms with E-state index in [-0.39, 0.29) is 11.5 Å². The van der Waals surface area contributed by atoms with E-state index in [2.05, 4.69) is 15.4 Å². The molecule has 4 aromatic carbocycles.